The van der Waals surface area contributed by atoms with Crippen LogP contribution in [0.3, 0.4) is 0 Å². The molecule has 0 aliphatic rings. The second-order valence-electron chi connectivity index (χ2n) is 2.88. The van der Waals surface area contributed by atoms with Gasteiger partial charge in [-0.25, -0.2) is 0 Å². The van der Waals surface area contributed by atoms with Crippen molar-refractivity contribution in [2.45, 2.75) is 19.4 Å². The van der Waals surface area contributed by atoms with E-state index in [1.54, 1.807) is 13.8 Å². The molecule has 0 aromatic heterocycles. The Morgan fingerprint density at radius 1 is 1.09 bits per heavy atom. The molecule has 0 N–H and O–H groups in total. The minimum Gasteiger partial charge on any atom is -0.846 e. The van der Waals surface area contributed by atoms with Gasteiger partial charge < -0.3 is 5.11 Å². The van der Waals surface area contributed by atoms with Crippen LogP contribution in [0.1, 0.15) is 19.4 Å². The van der Waals surface area contributed by atoms with Crippen molar-refractivity contribution in [1.82, 2.24) is 0 Å². The Kier molecular flexibility index (Phi) is 4.34. The van der Waals surface area contributed by atoms with E-state index in [1.807, 2.05) is 30.3 Å². The van der Waals surface area contributed by atoms with E-state index < -0.39 is 5.60 Å². The smallest absolute Gasteiger partial charge is 0.846 e. The van der Waals surface area contributed by atoms with Crippen LogP contribution in [0.5, 0.6) is 0 Å². The Labute approximate surface area is 89.7 Å². The third-order valence-electron chi connectivity index (χ3n) is 1.47. The molecule has 54 valence electrons. The first-order valence-corrected chi connectivity index (χ1v) is 3.36. The van der Waals surface area contributed by atoms with E-state index in [0.717, 1.165) is 5.56 Å². The molecule has 1 aromatic rings. The maximum atomic E-state index is 11.3. The van der Waals surface area contributed by atoms with Gasteiger partial charge >= 0.3 is 29.6 Å². The fraction of sp³-hybridized carbons (Fsp3) is 0.333. The van der Waals surface area contributed by atoms with E-state index in [4.69, 9.17) is 0 Å². The van der Waals surface area contributed by atoms with Crippen molar-refractivity contribution in [1.29, 1.82) is 0 Å². The molecule has 11 heavy (non-hydrogen) atoms. The molecule has 0 heterocycles. The van der Waals surface area contributed by atoms with E-state index in [-0.39, 0.29) is 29.6 Å². The number of hydrogen-bond acceptors (Lipinski definition) is 1. The molecule has 0 bridgehead atoms. The summed E-state index contributed by atoms with van der Waals surface area (Å²) in [4.78, 5) is 0. The Bertz CT molecular complexity index is 201. The topological polar surface area (TPSA) is 23.1 Å². The summed E-state index contributed by atoms with van der Waals surface area (Å²) in [6, 6.07) is 9.39. The van der Waals surface area contributed by atoms with Gasteiger partial charge in [-0.1, -0.05) is 55.3 Å². The van der Waals surface area contributed by atoms with Crippen LogP contribution in [0.25, 0.3) is 0 Å². The Hall–Kier alpha value is 0.180. The van der Waals surface area contributed by atoms with Crippen LogP contribution in [-0.4, -0.2) is 0 Å². The molecule has 1 rings (SSSR count). The first kappa shape index (κ1) is 11.2. The molecule has 0 unspecified atom stereocenters. The summed E-state index contributed by atoms with van der Waals surface area (Å²) in [6.45, 7) is 3.34. The zero-order chi connectivity index (χ0) is 7.61. The molecule has 0 radical (unpaired) electrons. The van der Waals surface area contributed by atoms with E-state index in [2.05, 4.69) is 0 Å². The molecule has 2 heteroatoms. The van der Waals surface area contributed by atoms with Crippen molar-refractivity contribution in [2.75, 3.05) is 0 Å². The van der Waals surface area contributed by atoms with Crippen LogP contribution in [0.15, 0.2) is 30.3 Å². The molecule has 0 saturated carbocycles. The predicted octanol–water partition coefficient (Wildman–Crippen LogP) is -1.71. The van der Waals surface area contributed by atoms with Crippen LogP contribution >= 0.6 is 0 Å². The molecule has 0 fully saturated rings. The summed E-state index contributed by atoms with van der Waals surface area (Å²) >= 11 is 0. The maximum Gasteiger partial charge on any atom is 1.00 e. The molecule has 0 atom stereocenters. The van der Waals surface area contributed by atoms with Crippen molar-refractivity contribution in [3.63, 3.8) is 0 Å². The van der Waals surface area contributed by atoms with E-state index >= 15 is 0 Å². The van der Waals surface area contributed by atoms with E-state index in [1.165, 1.54) is 0 Å². The van der Waals surface area contributed by atoms with Gasteiger partial charge in [0.1, 0.15) is 0 Å². The van der Waals surface area contributed by atoms with Gasteiger partial charge in [0.15, 0.2) is 0 Å². The van der Waals surface area contributed by atoms with E-state index in [9.17, 15) is 5.11 Å². The van der Waals surface area contributed by atoms with Gasteiger partial charge in [-0.05, 0) is 0 Å². The minimum atomic E-state index is -0.957. The quantitative estimate of drug-likeness (QED) is 0.446. The Morgan fingerprint density at radius 2 is 1.55 bits per heavy atom. The van der Waals surface area contributed by atoms with Gasteiger partial charge in [0, 0.05) is 0 Å². The monoisotopic (exact) mass is 158 g/mol. The summed E-state index contributed by atoms with van der Waals surface area (Å²) < 4.78 is 0. The fourth-order valence-corrected chi connectivity index (χ4v) is 0.840. The zero-order valence-electron chi connectivity index (χ0n) is 7.29. The van der Waals surface area contributed by atoms with Gasteiger partial charge in [-0.2, -0.15) is 0 Å². The molecule has 0 saturated heterocycles. The standard InChI is InChI=1S/C9H11O.Na/c1-9(2,10)8-6-4-3-5-7-8;/h3-7H,1-2H3;/q-1;+1. The first-order chi connectivity index (χ1) is 4.61. The predicted molar refractivity (Wildman–Crippen MR) is 39.5 cm³/mol. The van der Waals surface area contributed by atoms with Crippen LogP contribution in [0.2, 0.25) is 0 Å². The molecule has 0 spiro atoms. The Morgan fingerprint density at radius 3 is 1.82 bits per heavy atom. The van der Waals surface area contributed by atoms with Gasteiger partial charge in [-0.3, -0.25) is 0 Å². The van der Waals surface area contributed by atoms with Crippen molar-refractivity contribution in [2.24, 2.45) is 0 Å². The first-order valence-electron chi connectivity index (χ1n) is 3.36. The minimum absolute atomic E-state index is 0. The summed E-state index contributed by atoms with van der Waals surface area (Å²) in [7, 11) is 0. The number of rotatable bonds is 1. The summed E-state index contributed by atoms with van der Waals surface area (Å²) in [5.41, 5.74) is -0.114. The molecule has 0 aliphatic carbocycles. The fourth-order valence-electron chi connectivity index (χ4n) is 0.840. The molecule has 1 nitrogen and oxygen atoms in total. The third-order valence-corrected chi connectivity index (χ3v) is 1.47. The van der Waals surface area contributed by atoms with Gasteiger partial charge in [0.25, 0.3) is 0 Å². The Balaban J connectivity index is 0.000001000. The van der Waals surface area contributed by atoms with Crippen molar-refractivity contribution in [3.05, 3.63) is 35.9 Å². The average Bonchev–Trinajstić information content (AvgIpc) is 1.88. The van der Waals surface area contributed by atoms with E-state index in [0.29, 0.717) is 0 Å². The number of benzene rings is 1. The second-order valence-corrected chi connectivity index (χ2v) is 2.88. The molecule has 1 aromatic carbocycles. The largest absolute Gasteiger partial charge is 1.00 e. The molecule has 0 aliphatic heterocycles. The van der Waals surface area contributed by atoms with Crippen LogP contribution in [-0.2, 0) is 5.60 Å². The van der Waals surface area contributed by atoms with Gasteiger partial charge in [0.2, 0.25) is 0 Å². The number of hydrogen-bond donors (Lipinski definition) is 0. The molecular weight excluding hydrogens is 147 g/mol. The SMILES string of the molecule is CC(C)([O-])c1ccccc1.[Na+]. The van der Waals surface area contributed by atoms with Crippen molar-refractivity contribution in [3.8, 4) is 0 Å². The van der Waals surface area contributed by atoms with Crippen LogP contribution in [0.4, 0.5) is 0 Å². The molecular formula is C9H11NaO. The van der Waals surface area contributed by atoms with Gasteiger partial charge in [-0.15, -0.1) is 0 Å². The second kappa shape index (κ2) is 4.27. The zero-order valence-corrected chi connectivity index (χ0v) is 9.29. The normalized spacial score (nSPS) is 10.5. The summed E-state index contributed by atoms with van der Waals surface area (Å²) in [5, 5.41) is 11.3. The van der Waals surface area contributed by atoms with Crippen molar-refractivity contribution >= 4 is 0 Å². The van der Waals surface area contributed by atoms with Gasteiger partial charge in [0.05, 0.1) is 0 Å². The van der Waals surface area contributed by atoms with Crippen LogP contribution in [0, 0.1) is 0 Å². The third kappa shape index (κ3) is 3.39. The summed E-state index contributed by atoms with van der Waals surface area (Å²) in [5.74, 6) is 0. The summed E-state index contributed by atoms with van der Waals surface area (Å²) in [6.07, 6.45) is 0. The van der Waals surface area contributed by atoms with Crippen LogP contribution < -0.4 is 34.7 Å². The molecule has 0 amide bonds. The van der Waals surface area contributed by atoms with Crippen molar-refractivity contribution < 1.29 is 34.7 Å². The maximum absolute atomic E-state index is 11.3. The average molecular weight is 158 g/mol.